The summed E-state index contributed by atoms with van der Waals surface area (Å²) >= 11 is 1.49. The lowest BCUT2D eigenvalue weighted by Crippen LogP contribution is -2.37. The minimum atomic E-state index is -0.845. The molecular formula is C7H14O2S. The van der Waals surface area contributed by atoms with Crippen molar-refractivity contribution in [2.75, 3.05) is 6.26 Å². The van der Waals surface area contributed by atoms with E-state index in [0.717, 1.165) is 0 Å². The molecule has 1 N–H and O–H groups in total. The zero-order valence-electron chi connectivity index (χ0n) is 6.84. The maximum Gasteiger partial charge on any atom is 0.159 e. The van der Waals surface area contributed by atoms with E-state index < -0.39 is 6.10 Å². The Bertz CT molecular complexity index is 132. The van der Waals surface area contributed by atoms with Crippen molar-refractivity contribution >= 4 is 17.5 Å². The molecule has 3 heteroatoms. The third-order valence-corrected chi connectivity index (χ3v) is 2.85. The first kappa shape index (κ1) is 9.98. The predicted molar refractivity (Wildman–Crippen MR) is 44.3 cm³/mol. The third-order valence-electron chi connectivity index (χ3n) is 1.57. The normalized spacial score (nSPS) is 14.9. The number of carbonyl (C=O) groups excluding carboxylic acids is 1. The van der Waals surface area contributed by atoms with E-state index in [9.17, 15) is 9.90 Å². The van der Waals surface area contributed by atoms with Gasteiger partial charge in [0.25, 0.3) is 0 Å². The molecule has 0 aromatic rings. The van der Waals surface area contributed by atoms with Crippen LogP contribution >= 0.6 is 11.8 Å². The topological polar surface area (TPSA) is 37.3 Å². The van der Waals surface area contributed by atoms with E-state index in [0.29, 0.717) is 0 Å². The number of rotatable bonds is 3. The molecule has 60 valence electrons. The second-order valence-corrected chi connectivity index (χ2v) is 4.28. The number of hydrogen-bond acceptors (Lipinski definition) is 3. The Labute approximate surface area is 66.0 Å². The fourth-order valence-corrected chi connectivity index (χ4v) is 0.990. The Morgan fingerprint density at radius 3 is 2.10 bits per heavy atom. The van der Waals surface area contributed by atoms with Crippen LogP contribution in [0.3, 0.4) is 0 Å². The molecule has 0 saturated carbocycles. The largest absolute Gasteiger partial charge is 0.384 e. The summed E-state index contributed by atoms with van der Waals surface area (Å²) in [6.07, 6.45) is 1.04. The van der Waals surface area contributed by atoms with Gasteiger partial charge in [-0.2, -0.15) is 11.8 Å². The van der Waals surface area contributed by atoms with Gasteiger partial charge in [-0.3, -0.25) is 4.79 Å². The zero-order valence-corrected chi connectivity index (χ0v) is 7.66. The number of aliphatic hydroxyl groups is 1. The van der Waals surface area contributed by atoms with E-state index in [1.54, 1.807) is 0 Å². The van der Waals surface area contributed by atoms with Gasteiger partial charge >= 0.3 is 0 Å². The lowest BCUT2D eigenvalue weighted by Gasteiger charge is -2.26. The van der Waals surface area contributed by atoms with Crippen molar-refractivity contribution < 1.29 is 9.90 Å². The first-order chi connectivity index (χ1) is 4.41. The van der Waals surface area contributed by atoms with Crippen molar-refractivity contribution in [1.82, 2.24) is 0 Å². The molecule has 0 aliphatic rings. The highest BCUT2D eigenvalue weighted by molar-refractivity contribution is 8.00. The van der Waals surface area contributed by atoms with Crippen LogP contribution in [0.1, 0.15) is 20.8 Å². The molecule has 1 atom stereocenters. The number of Topliss-reactive ketones (excluding diaryl/α,β-unsaturated/α-hetero) is 1. The molecule has 0 aromatic heterocycles. The summed E-state index contributed by atoms with van der Waals surface area (Å²) < 4.78 is -0.355. The third kappa shape index (κ3) is 2.31. The van der Waals surface area contributed by atoms with Crippen molar-refractivity contribution in [2.24, 2.45) is 0 Å². The minimum absolute atomic E-state index is 0.167. The Kier molecular flexibility index (Phi) is 3.39. The van der Waals surface area contributed by atoms with Crippen molar-refractivity contribution in [2.45, 2.75) is 31.6 Å². The fourth-order valence-electron chi connectivity index (χ4n) is 0.601. The highest BCUT2D eigenvalue weighted by Crippen LogP contribution is 2.25. The number of aliphatic hydroxyl groups excluding tert-OH is 1. The molecule has 0 rings (SSSR count). The van der Waals surface area contributed by atoms with Crippen LogP contribution in [0.15, 0.2) is 0 Å². The molecule has 2 nitrogen and oxygen atoms in total. The van der Waals surface area contributed by atoms with Crippen LogP contribution < -0.4 is 0 Å². The van der Waals surface area contributed by atoms with Crippen LogP contribution in [0, 0.1) is 0 Å². The summed E-state index contributed by atoms with van der Waals surface area (Å²) in [5.74, 6) is -0.167. The molecule has 0 saturated heterocycles. The minimum Gasteiger partial charge on any atom is -0.384 e. The van der Waals surface area contributed by atoms with Gasteiger partial charge in [0.2, 0.25) is 0 Å². The van der Waals surface area contributed by atoms with Crippen LogP contribution in [0.4, 0.5) is 0 Å². The molecule has 0 spiro atoms. The lowest BCUT2D eigenvalue weighted by atomic mass is 10.0. The van der Waals surface area contributed by atoms with Gasteiger partial charge < -0.3 is 5.11 Å². The van der Waals surface area contributed by atoms with Crippen molar-refractivity contribution in [3.05, 3.63) is 0 Å². The summed E-state index contributed by atoms with van der Waals surface area (Å²) in [6.45, 7) is 5.11. The Morgan fingerprint density at radius 1 is 1.60 bits per heavy atom. The quantitative estimate of drug-likeness (QED) is 0.674. The number of carbonyl (C=O) groups is 1. The summed E-state index contributed by atoms with van der Waals surface area (Å²) in [6, 6.07) is 0. The van der Waals surface area contributed by atoms with E-state index in [1.807, 2.05) is 20.1 Å². The lowest BCUT2D eigenvalue weighted by molar-refractivity contribution is -0.126. The Balaban J connectivity index is 4.17. The van der Waals surface area contributed by atoms with E-state index in [2.05, 4.69) is 0 Å². The molecule has 0 unspecified atom stereocenters. The predicted octanol–water partition coefficient (Wildman–Crippen LogP) is 1.08. The summed E-state index contributed by atoms with van der Waals surface area (Å²) in [5.41, 5.74) is 0. The van der Waals surface area contributed by atoms with E-state index in [4.69, 9.17) is 0 Å². The van der Waals surface area contributed by atoms with Crippen molar-refractivity contribution in [1.29, 1.82) is 0 Å². The molecular weight excluding hydrogens is 148 g/mol. The smallest absolute Gasteiger partial charge is 0.159 e. The van der Waals surface area contributed by atoms with E-state index >= 15 is 0 Å². The van der Waals surface area contributed by atoms with Crippen LogP contribution in [-0.4, -0.2) is 28.0 Å². The van der Waals surface area contributed by atoms with Crippen LogP contribution in [0.5, 0.6) is 0 Å². The van der Waals surface area contributed by atoms with Crippen LogP contribution in [-0.2, 0) is 4.79 Å². The zero-order chi connectivity index (χ0) is 8.36. The first-order valence-electron chi connectivity index (χ1n) is 3.15. The summed E-state index contributed by atoms with van der Waals surface area (Å²) in [7, 11) is 0. The molecule has 0 bridgehead atoms. The van der Waals surface area contributed by atoms with Gasteiger partial charge in [0.1, 0.15) is 6.10 Å². The van der Waals surface area contributed by atoms with E-state index in [-0.39, 0.29) is 10.5 Å². The average molecular weight is 162 g/mol. The van der Waals surface area contributed by atoms with Gasteiger partial charge in [0, 0.05) is 4.75 Å². The van der Waals surface area contributed by atoms with Crippen molar-refractivity contribution in [3.8, 4) is 0 Å². The molecule has 10 heavy (non-hydrogen) atoms. The Morgan fingerprint density at radius 2 is 2.00 bits per heavy atom. The molecule has 0 aliphatic carbocycles. The molecule has 0 aliphatic heterocycles. The number of hydrogen-bond donors (Lipinski definition) is 1. The molecule has 0 fully saturated rings. The first-order valence-corrected chi connectivity index (χ1v) is 4.38. The maximum absolute atomic E-state index is 10.7. The second-order valence-electron chi connectivity index (χ2n) is 2.82. The molecule has 0 radical (unpaired) electrons. The Hall–Kier alpha value is -0.0200. The number of ketones is 1. The monoisotopic (exact) mass is 162 g/mol. The highest BCUT2D eigenvalue weighted by Gasteiger charge is 2.29. The van der Waals surface area contributed by atoms with Gasteiger partial charge in [-0.1, -0.05) is 0 Å². The highest BCUT2D eigenvalue weighted by atomic mass is 32.2. The SMILES string of the molecule is CSC(C)(C)[C@H](O)C(C)=O. The molecule has 0 aromatic carbocycles. The van der Waals surface area contributed by atoms with E-state index in [1.165, 1.54) is 18.7 Å². The average Bonchev–Trinajstić information content (AvgIpc) is 1.86. The maximum atomic E-state index is 10.7. The number of thioether (sulfide) groups is 1. The molecule has 0 amide bonds. The van der Waals surface area contributed by atoms with Crippen LogP contribution in [0.25, 0.3) is 0 Å². The summed E-state index contributed by atoms with van der Waals surface area (Å²) in [5, 5.41) is 9.28. The van der Waals surface area contributed by atoms with Crippen LogP contribution in [0.2, 0.25) is 0 Å². The van der Waals surface area contributed by atoms with Crippen molar-refractivity contribution in [3.63, 3.8) is 0 Å². The molecule has 0 heterocycles. The summed E-state index contributed by atoms with van der Waals surface area (Å²) in [4.78, 5) is 10.7. The van der Waals surface area contributed by atoms with Gasteiger partial charge in [-0.05, 0) is 27.0 Å². The second kappa shape index (κ2) is 3.39. The van der Waals surface area contributed by atoms with Gasteiger partial charge in [-0.25, -0.2) is 0 Å². The van der Waals surface area contributed by atoms with Gasteiger partial charge in [0.05, 0.1) is 0 Å². The standard InChI is InChI=1S/C7H14O2S/c1-5(8)6(9)7(2,3)10-4/h6,9H,1-4H3/t6-/m1/s1. The fraction of sp³-hybridized carbons (Fsp3) is 0.857. The van der Waals surface area contributed by atoms with Gasteiger partial charge in [-0.15, -0.1) is 0 Å². The van der Waals surface area contributed by atoms with Gasteiger partial charge in [0.15, 0.2) is 5.78 Å².